The minimum atomic E-state index is -3.88. The molecule has 0 unspecified atom stereocenters. The van der Waals surface area contributed by atoms with Gasteiger partial charge in [0, 0.05) is 11.8 Å². The Morgan fingerprint density at radius 1 is 1.50 bits per heavy atom. The molecule has 1 rings (SSSR count). The highest BCUT2D eigenvalue weighted by molar-refractivity contribution is 7.90. The van der Waals surface area contributed by atoms with Crippen molar-refractivity contribution in [3.8, 4) is 5.75 Å². The fourth-order valence-electron chi connectivity index (χ4n) is 1.18. The number of sulfone groups is 1. The molecule has 0 aliphatic carbocycles. The lowest BCUT2D eigenvalue weighted by Gasteiger charge is -2.06. The van der Waals surface area contributed by atoms with Gasteiger partial charge in [-0.05, 0) is 6.07 Å². The van der Waals surface area contributed by atoms with Crippen LogP contribution in [-0.2, 0) is 21.2 Å². The molecular weight excluding hydrogens is 237 g/mol. The van der Waals surface area contributed by atoms with Crippen LogP contribution < -0.4 is 0 Å². The number of hydrogen-bond acceptors (Lipinski definition) is 5. The normalized spacial score (nSPS) is 10.9. The van der Waals surface area contributed by atoms with E-state index >= 15 is 0 Å². The molecule has 0 spiro atoms. The summed E-state index contributed by atoms with van der Waals surface area (Å²) in [5, 5.41) is 9.25. The molecule has 5 nitrogen and oxygen atoms in total. The van der Waals surface area contributed by atoms with E-state index in [1.807, 2.05) is 0 Å². The summed E-state index contributed by atoms with van der Waals surface area (Å²) in [6.45, 7) is -0.321. The van der Waals surface area contributed by atoms with Gasteiger partial charge in [0.25, 0.3) is 0 Å². The Morgan fingerprint density at radius 3 is 2.62 bits per heavy atom. The monoisotopic (exact) mass is 245 g/mol. The van der Waals surface area contributed by atoms with Gasteiger partial charge in [-0.1, -0.05) is 6.07 Å². The number of aromatic hydroxyl groups is 1. The maximum absolute atomic E-state index is 13.6. The molecule has 1 N–H and O–H groups in total. The first kappa shape index (κ1) is 12.4. The lowest BCUT2D eigenvalue weighted by atomic mass is 10.2. The quantitative estimate of drug-likeness (QED) is 0.629. The minimum Gasteiger partial charge on any atom is -0.506 e. The van der Waals surface area contributed by atoms with Gasteiger partial charge in [0.15, 0.2) is 15.7 Å². The molecule has 0 aliphatic rings. The Labute approximate surface area is 91.2 Å². The van der Waals surface area contributed by atoms with Crippen LogP contribution in [0.1, 0.15) is 5.56 Å². The summed E-state index contributed by atoms with van der Waals surface area (Å²) in [4.78, 5) is 12.2. The first-order valence-electron chi connectivity index (χ1n) is 4.12. The van der Waals surface area contributed by atoms with E-state index in [0.717, 1.165) is 18.4 Å². The van der Waals surface area contributed by atoms with E-state index in [0.29, 0.717) is 0 Å². The molecule has 0 saturated heterocycles. The number of isocyanates is 1. The van der Waals surface area contributed by atoms with Crippen LogP contribution in [0.2, 0.25) is 0 Å². The van der Waals surface area contributed by atoms with Crippen LogP contribution >= 0.6 is 0 Å². The number of phenols is 1. The maximum atomic E-state index is 13.6. The molecule has 1 aromatic rings. The Bertz CT molecular complexity index is 561. The number of rotatable bonds is 3. The maximum Gasteiger partial charge on any atom is 0.235 e. The lowest BCUT2D eigenvalue weighted by Crippen LogP contribution is -2.04. The average Bonchev–Trinajstić information content (AvgIpc) is 2.14. The summed E-state index contributed by atoms with van der Waals surface area (Å²) in [5.41, 5.74) is -0.0958. The van der Waals surface area contributed by atoms with E-state index in [4.69, 9.17) is 0 Å². The van der Waals surface area contributed by atoms with Gasteiger partial charge in [-0.15, -0.1) is 0 Å². The van der Waals surface area contributed by atoms with Gasteiger partial charge in [0.1, 0.15) is 10.6 Å². The van der Waals surface area contributed by atoms with Gasteiger partial charge in [-0.25, -0.2) is 22.6 Å². The first-order chi connectivity index (χ1) is 7.38. The molecule has 0 atom stereocenters. The zero-order valence-electron chi connectivity index (χ0n) is 8.27. The smallest absolute Gasteiger partial charge is 0.235 e. The summed E-state index contributed by atoms with van der Waals surface area (Å²) in [5.74, 6) is -1.76. The van der Waals surface area contributed by atoms with Crippen LogP contribution in [-0.4, -0.2) is 25.9 Å². The molecule has 0 saturated carbocycles. The van der Waals surface area contributed by atoms with Crippen molar-refractivity contribution in [1.82, 2.24) is 0 Å². The number of hydrogen-bond donors (Lipinski definition) is 1. The van der Waals surface area contributed by atoms with Gasteiger partial charge in [-0.2, -0.15) is 0 Å². The Balaban J connectivity index is 3.44. The molecule has 86 valence electrons. The molecule has 0 aliphatic heterocycles. The second-order valence-corrected chi connectivity index (χ2v) is 5.02. The topological polar surface area (TPSA) is 83.8 Å². The van der Waals surface area contributed by atoms with Crippen LogP contribution in [0.3, 0.4) is 0 Å². The molecular formula is C9H8FNO4S. The summed E-state index contributed by atoms with van der Waals surface area (Å²) < 4.78 is 36.0. The van der Waals surface area contributed by atoms with Crippen molar-refractivity contribution in [2.45, 2.75) is 11.4 Å². The number of aliphatic imine (C=N–C) groups is 1. The van der Waals surface area contributed by atoms with Crippen molar-refractivity contribution in [1.29, 1.82) is 0 Å². The van der Waals surface area contributed by atoms with Crippen LogP contribution in [0.5, 0.6) is 5.75 Å². The Kier molecular flexibility index (Phi) is 3.41. The summed E-state index contributed by atoms with van der Waals surface area (Å²) >= 11 is 0. The highest BCUT2D eigenvalue weighted by atomic mass is 32.2. The van der Waals surface area contributed by atoms with E-state index in [-0.39, 0.29) is 12.1 Å². The van der Waals surface area contributed by atoms with Crippen molar-refractivity contribution in [2.75, 3.05) is 6.26 Å². The number of halogens is 1. The largest absolute Gasteiger partial charge is 0.506 e. The van der Waals surface area contributed by atoms with E-state index in [9.17, 15) is 22.7 Å². The fraction of sp³-hybridized carbons (Fsp3) is 0.222. The molecule has 16 heavy (non-hydrogen) atoms. The fourth-order valence-corrected chi connectivity index (χ4v) is 2.08. The Hall–Kier alpha value is -1.72. The minimum absolute atomic E-state index is 0.0958. The first-order valence-corrected chi connectivity index (χ1v) is 6.01. The second kappa shape index (κ2) is 4.42. The molecule has 0 bridgehead atoms. The third-order valence-electron chi connectivity index (χ3n) is 1.84. The molecule has 0 amide bonds. The zero-order valence-corrected chi connectivity index (χ0v) is 9.08. The zero-order chi connectivity index (χ0) is 12.3. The van der Waals surface area contributed by atoms with E-state index in [1.165, 1.54) is 6.08 Å². The molecule has 0 aromatic heterocycles. The second-order valence-electron chi connectivity index (χ2n) is 3.07. The summed E-state index contributed by atoms with van der Waals surface area (Å²) in [7, 11) is -3.88. The molecule has 7 heteroatoms. The third-order valence-corrected chi connectivity index (χ3v) is 2.97. The van der Waals surface area contributed by atoms with Gasteiger partial charge in [0.2, 0.25) is 6.08 Å². The third kappa shape index (κ3) is 2.44. The van der Waals surface area contributed by atoms with Crippen molar-refractivity contribution in [3.63, 3.8) is 0 Å². The number of benzene rings is 1. The standard InChI is InChI=1S/C9H8FNO4S/c1-16(14,15)9-7(13)3-2-6(8(9)10)4-11-5-12/h2-3,13H,4H2,1H3. The van der Waals surface area contributed by atoms with Crippen LogP contribution in [0.15, 0.2) is 22.0 Å². The van der Waals surface area contributed by atoms with Gasteiger partial charge in [-0.3, -0.25) is 0 Å². The SMILES string of the molecule is CS(=O)(=O)c1c(O)ccc(CN=C=O)c1F. The number of carbonyl (C=O) groups excluding carboxylic acids is 1. The van der Waals surface area contributed by atoms with Crippen molar-refractivity contribution >= 4 is 15.9 Å². The molecule has 0 heterocycles. The van der Waals surface area contributed by atoms with Crippen LogP contribution in [0.25, 0.3) is 0 Å². The summed E-state index contributed by atoms with van der Waals surface area (Å²) in [6.07, 6.45) is 1.99. The van der Waals surface area contributed by atoms with Crippen LogP contribution in [0, 0.1) is 5.82 Å². The van der Waals surface area contributed by atoms with E-state index in [1.54, 1.807) is 0 Å². The molecule has 1 aromatic carbocycles. The van der Waals surface area contributed by atoms with Gasteiger partial charge in [0.05, 0.1) is 6.54 Å². The average molecular weight is 245 g/mol. The highest BCUT2D eigenvalue weighted by Crippen LogP contribution is 2.28. The molecule has 0 radical (unpaired) electrons. The Morgan fingerprint density at radius 2 is 2.12 bits per heavy atom. The van der Waals surface area contributed by atoms with Crippen molar-refractivity contribution in [3.05, 3.63) is 23.5 Å². The van der Waals surface area contributed by atoms with E-state index in [2.05, 4.69) is 4.99 Å². The van der Waals surface area contributed by atoms with Crippen molar-refractivity contribution < 1.29 is 22.7 Å². The number of phenolic OH excluding ortho intramolecular Hbond substituents is 1. The highest BCUT2D eigenvalue weighted by Gasteiger charge is 2.21. The predicted octanol–water partition coefficient (Wildman–Crippen LogP) is 0.771. The van der Waals surface area contributed by atoms with Crippen molar-refractivity contribution in [2.24, 2.45) is 4.99 Å². The number of nitrogens with zero attached hydrogens (tertiary/aromatic N) is 1. The van der Waals surface area contributed by atoms with Crippen LogP contribution in [0.4, 0.5) is 4.39 Å². The molecule has 0 fully saturated rings. The summed E-state index contributed by atoms with van der Waals surface area (Å²) in [6, 6.07) is 2.19. The van der Waals surface area contributed by atoms with E-state index < -0.39 is 26.3 Å². The predicted molar refractivity (Wildman–Crippen MR) is 53.0 cm³/mol. The lowest BCUT2D eigenvalue weighted by molar-refractivity contribution is 0.442. The van der Waals surface area contributed by atoms with Gasteiger partial charge >= 0.3 is 0 Å². The van der Waals surface area contributed by atoms with Gasteiger partial charge < -0.3 is 5.11 Å².